The highest BCUT2D eigenvalue weighted by molar-refractivity contribution is 5.81. The van der Waals surface area contributed by atoms with Crippen LogP contribution in [0.4, 0.5) is 0 Å². The molecule has 21 heavy (non-hydrogen) atoms. The maximum atomic E-state index is 11.7. The zero-order chi connectivity index (χ0) is 14.8. The summed E-state index contributed by atoms with van der Waals surface area (Å²) in [7, 11) is 0. The van der Waals surface area contributed by atoms with Crippen molar-refractivity contribution in [2.45, 2.75) is 25.6 Å². The van der Waals surface area contributed by atoms with Gasteiger partial charge in [0.15, 0.2) is 0 Å². The fraction of sp³-hybridized carbons (Fsp3) is 0.375. The molecule has 1 aromatic carbocycles. The van der Waals surface area contributed by atoms with Crippen LogP contribution >= 0.6 is 0 Å². The lowest BCUT2D eigenvalue weighted by atomic mass is 10.1. The Bertz CT molecular complexity index is 659. The Morgan fingerprint density at radius 3 is 3.00 bits per heavy atom. The molecule has 1 aliphatic rings. The number of nitrogens with two attached hydrogens (primary N) is 1. The van der Waals surface area contributed by atoms with Crippen molar-refractivity contribution in [3.8, 4) is 0 Å². The third kappa shape index (κ3) is 2.89. The van der Waals surface area contributed by atoms with Crippen molar-refractivity contribution < 1.29 is 9.53 Å². The van der Waals surface area contributed by atoms with E-state index in [0.717, 1.165) is 16.6 Å². The van der Waals surface area contributed by atoms with E-state index in [1.807, 2.05) is 42.2 Å². The summed E-state index contributed by atoms with van der Waals surface area (Å²) in [5, 5.41) is 1.11. The third-order valence-electron chi connectivity index (χ3n) is 3.91. The fourth-order valence-electron chi connectivity index (χ4n) is 2.88. The Kier molecular flexibility index (Phi) is 3.86. The number of rotatable bonds is 3. The number of pyridine rings is 1. The average molecular weight is 285 g/mol. The minimum atomic E-state index is -0.396. The number of primary amides is 1. The number of hydrogen-bond acceptors (Lipinski definition) is 4. The number of aromatic nitrogens is 1. The second-order valence-corrected chi connectivity index (χ2v) is 5.39. The Morgan fingerprint density at radius 2 is 2.19 bits per heavy atom. The van der Waals surface area contributed by atoms with Gasteiger partial charge < -0.3 is 10.5 Å². The second-order valence-electron chi connectivity index (χ2n) is 5.39. The summed E-state index contributed by atoms with van der Waals surface area (Å²) < 4.78 is 5.53. The molecule has 0 spiro atoms. The number of nitrogens with zero attached hydrogens (tertiary/aromatic N) is 2. The molecule has 0 unspecified atom stereocenters. The summed E-state index contributed by atoms with van der Waals surface area (Å²) in [6.07, 6.45) is -0.184. The van der Waals surface area contributed by atoms with Gasteiger partial charge in [-0.05, 0) is 19.1 Å². The van der Waals surface area contributed by atoms with E-state index >= 15 is 0 Å². The number of hydrogen-bond donors (Lipinski definition) is 1. The van der Waals surface area contributed by atoms with Crippen LogP contribution in [0.2, 0.25) is 0 Å². The molecule has 3 rings (SSSR count). The van der Waals surface area contributed by atoms with Crippen LogP contribution in [0.5, 0.6) is 0 Å². The highest BCUT2D eigenvalue weighted by Gasteiger charge is 2.33. The van der Waals surface area contributed by atoms with Crippen molar-refractivity contribution in [3.05, 3.63) is 42.1 Å². The van der Waals surface area contributed by atoms with Crippen LogP contribution in [-0.2, 0) is 16.1 Å². The topological polar surface area (TPSA) is 68.4 Å². The monoisotopic (exact) mass is 285 g/mol. The van der Waals surface area contributed by atoms with E-state index in [1.165, 1.54) is 0 Å². The summed E-state index contributed by atoms with van der Waals surface area (Å²) in [4.78, 5) is 18.4. The Labute approximate surface area is 123 Å². The smallest absolute Gasteiger partial charge is 0.237 e. The summed E-state index contributed by atoms with van der Waals surface area (Å²) in [6, 6.07) is 11.7. The van der Waals surface area contributed by atoms with E-state index in [9.17, 15) is 4.79 Å². The molecule has 0 aliphatic carbocycles. The van der Waals surface area contributed by atoms with Crippen LogP contribution in [0.15, 0.2) is 36.4 Å². The average Bonchev–Trinajstić information content (AvgIpc) is 2.47. The molecular weight excluding hydrogens is 266 g/mol. The van der Waals surface area contributed by atoms with E-state index in [4.69, 9.17) is 10.5 Å². The first kappa shape index (κ1) is 14.0. The molecule has 1 aromatic heterocycles. The first-order valence-corrected chi connectivity index (χ1v) is 7.15. The van der Waals surface area contributed by atoms with Gasteiger partial charge in [0, 0.05) is 18.5 Å². The van der Waals surface area contributed by atoms with Gasteiger partial charge in [-0.2, -0.15) is 0 Å². The maximum absolute atomic E-state index is 11.7. The first-order chi connectivity index (χ1) is 10.1. The van der Waals surface area contributed by atoms with Gasteiger partial charge >= 0.3 is 0 Å². The Balaban J connectivity index is 1.84. The van der Waals surface area contributed by atoms with Gasteiger partial charge in [0.1, 0.15) is 6.04 Å². The van der Waals surface area contributed by atoms with Gasteiger partial charge in [0.2, 0.25) is 5.91 Å². The quantitative estimate of drug-likeness (QED) is 0.923. The number of morpholine rings is 1. The van der Waals surface area contributed by atoms with E-state index in [1.54, 1.807) is 0 Å². The zero-order valence-corrected chi connectivity index (χ0v) is 12.0. The second kappa shape index (κ2) is 5.79. The van der Waals surface area contributed by atoms with Crippen LogP contribution in [0.25, 0.3) is 10.9 Å². The predicted molar refractivity (Wildman–Crippen MR) is 80.5 cm³/mol. The van der Waals surface area contributed by atoms with E-state index in [0.29, 0.717) is 19.7 Å². The fourth-order valence-corrected chi connectivity index (χ4v) is 2.88. The number of benzene rings is 1. The molecule has 0 radical (unpaired) electrons. The van der Waals surface area contributed by atoms with E-state index in [2.05, 4.69) is 11.1 Å². The Morgan fingerprint density at radius 1 is 1.38 bits per heavy atom. The van der Waals surface area contributed by atoms with Gasteiger partial charge in [0.25, 0.3) is 0 Å². The van der Waals surface area contributed by atoms with Gasteiger partial charge in [-0.1, -0.05) is 24.3 Å². The molecule has 1 fully saturated rings. The number of fused-ring (bicyclic) bond motifs is 1. The Hall–Kier alpha value is -1.98. The van der Waals surface area contributed by atoms with Crippen molar-refractivity contribution in [1.82, 2.24) is 9.88 Å². The third-order valence-corrected chi connectivity index (χ3v) is 3.91. The molecule has 2 aromatic rings. The molecule has 2 N–H and O–H groups in total. The molecule has 2 heterocycles. The molecule has 1 amide bonds. The molecule has 1 saturated heterocycles. The SMILES string of the molecule is C[C@H]1OCCN(Cc2ccc3ccccc3n2)[C@@H]1C(N)=O. The highest BCUT2D eigenvalue weighted by atomic mass is 16.5. The molecule has 1 aliphatic heterocycles. The first-order valence-electron chi connectivity index (χ1n) is 7.15. The molecule has 0 bridgehead atoms. The minimum absolute atomic E-state index is 0.184. The van der Waals surface area contributed by atoms with Crippen LogP contribution < -0.4 is 5.73 Å². The van der Waals surface area contributed by atoms with E-state index < -0.39 is 6.04 Å². The number of amides is 1. The molecule has 5 nitrogen and oxygen atoms in total. The lowest BCUT2D eigenvalue weighted by molar-refractivity contribution is -0.136. The summed E-state index contributed by atoms with van der Waals surface area (Å²) >= 11 is 0. The number of ether oxygens (including phenoxy) is 1. The zero-order valence-electron chi connectivity index (χ0n) is 12.0. The maximum Gasteiger partial charge on any atom is 0.237 e. The van der Waals surface area contributed by atoms with Gasteiger partial charge in [-0.25, -0.2) is 0 Å². The van der Waals surface area contributed by atoms with Crippen molar-refractivity contribution in [3.63, 3.8) is 0 Å². The number of para-hydroxylation sites is 1. The lowest BCUT2D eigenvalue weighted by Crippen LogP contribution is -2.56. The van der Waals surface area contributed by atoms with Gasteiger partial charge in [-0.15, -0.1) is 0 Å². The number of carbonyl (C=O) groups is 1. The van der Waals surface area contributed by atoms with Gasteiger partial charge in [0.05, 0.1) is 23.9 Å². The highest BCUT2D eigenvalue weighted by Crippen LogP contribution is 2.18. The summed E-state index contributed by atoms with van der Waals surface area (Å²) in [5.41, 5.74) is 7.41. The molecule has 110 valence electrons. The van der Waals surface area contributed by atoms with Crippen LogP contribution in [-0.4, -0.2) is 41.1 Å². The van der Waals surface area contributed by atoms with Crippen LogP contribution in [0, 0.1) is 0 Å². The van der Waals surface area contributed by atoms with Gasteiger partial charge in [-0.3, -0.25) is 14.7 Å². The van der Waals surface area contributed by atoms with Crippen LogP contribution in [0.3, 0.4) is 0 Å². The lowest BCUT2D eigenvalue weighted by Gasteiger charge is -2.37. The summed E-state index contributed by atoms with van der Waals surface area (Å²) in [5.74, 6) is -0.344. The molecule has 2 atom stereocenters. The van der Waals surface area contributed by atoms with Crippen molar-refractivity contribution in [1.29, 1.82) is 0 Å². The van der Waals surface area contributed by atoms with Crippen molar-refractivity contribution in [2.24, 2.45) is 5.73 Å². The largest absolute Gasteiger partial charge is 0.375 e. The predicted octanol–water partition coefficient (Wildman–Crippen LogP) is 1.31. The van der Waals surface area contributed by atoms with E-state index in [-0.39, 0.29) is 12.0 Å². The standard InChI is InChI=1S/C16H19N3O2/c1-11-15(16(17)20)19(8-9-21-11)10-13-7-6-12-4-2-3-5-14(12)18-13/h2-7,11,15H,8-10H2,1H3,(H2,17,20)/t11-,15+/m1/s1. The minimum Gasteiger partial charge on any atom is -0.375 e. The van der Waals surface area contributed by atoms with Crippen LogP contribution in [0.1, 0.15) is 12.6 Å². The van der Waals surface area contributed by atoms with Crippen molar-refractivity contribution in [2.75, 3.05) is 13.2 Å². The molecular formula is C16H19N3O2. The normalized spacial score (nSPS) is 23.3. The molecule has 0 saturated carbocycles. The number of carbonyl (C=O) groups excluding carboxylic acids is 1. The summed E-state index contributed by atoms with van der Waals surface area (Å²) in [6.45, 7) is 3.78. The van der Waals surface area contributed by atoms with Crippen molar-refractivity contribution >= 4 is 16.8 Å². The molecule has 5 heteroatoms.